The molecular weight excluding hydrogens is 512 g/mol. The summed E-state index contributed by atoms with van der Waals surface area (Å²) < 4.78 is 5.59. The lowest BCUT2D eigenvalue weighted by atomic mass is 9.64. The highest BCUT2D eigenvalue weighted by molar-refractivity contribution is 6.33. The van der Waals surface area contributed by atoms with Crippen LogP contribution in [0.5, 0.6) is 0 Å². The summed E-state index contributed by atoms with van der Waals surface area (Å²) >= 11 is 6.53. The number of carbonyl (C=O) groups is 1. The molecule has 4 atom stereocenters. The van der Waals surface area contributed by atoms with Crippen molar-refractivity contribution in [1.82, 2.24) is 20.2 Å². The van der Waals surface area contributed by atoms with E-state index in [9.17, 15) is 4.79 Å². The number of rotatable bonds is 7. The van der Waals surface area contributed by atoms with Crippen LogP contribution in [-0.2, 0) is 9.53 Å². The third-order valence-electron chi connectivity index (χ3n) is 9.66. The molecule has 4 saturated heterocycles. The quantitative estimate of drug-likeness (QED) is 0.449. The summed E-state index contributed by atoms with van der Waals surface area (Å²) in [6.07, 6.45) is 11.5. The van der Waals surface area contributed by atoms with Gasteiger partial charge in [-0.25, -0.2) is 9.97 Å². The van der Waals surface area contributed by atoms with Crippen molar-refractivity contribution in [3.8, 4) is 11.3 Å². The molecule has 8 nitrogen and oxygen atoms in total. The normalized spacial score (nSPS) is 33.6. The maximum Gasteiger partial charge on any atom is 0.229 e. The second kappa shape index (κ2) is 9.04. The van der Waals surface area contributed by atoms with Crippen molar-refractivity contribution in [2.75, 3.05) is 36.9 Å². The van der Waals surface area contributed by atoms with Crippen LogP contribution in [0.1, 0.15) is 32.1 Å². The highest BCUT2D eigenvalue weighted by atomic mass is 35.5. The van der Waals surface area contributed by atoms with Crippen molar-refractivity contribution in [3.63, 3.8) is 0 Å². The van der Waals surface area contributed by atoms with E-state index >= 15 is 0 Å². The lowest BCUT2D eigenvalue weighted by Crippen LogP contribution is -2.71. The minimum absolute atomic E-state index is 0.00450. The number of piperidine rings is 1. The average molecular weight is 545 g/mol. The molecule has 2 bridgehead atoms. The number of amides is 1. The van der Waals surface area contributed by atoms with E-state index < -0.39 is 0 Å². The van der Waals surface area contributed by atoms with Gasteiger partial charge in [0.25, 0.3) is 0 Å². The van der Waals surface area contributed by atoms with Crippen LogP contribution in [0.2, 0.25) is 5.02 Å². The van der Waals surface area contributed by atoms with E-state index in [1.807, 2.05) is 24.3 Å². The first kappa shape index (κ1) is 23.9. The molecule has 0 radical (unpaired) electrons. The van der Waals surface area contributed by atoms with E-state index in [1.165, 1.54) is 6.42 Å². The number of pyridine rings is 2. The van der Waals surface area contributed by atoms with Crippen molar-refractivity contribution in [3.05, 3.63) is 58.9 Å². The Morgan fingerprint density at radius 2 is 2.15 bits per heavy atom. The average Bonchev–Trinajstić information content (AvgIpc) is 3.83. The number of anilines is 2. The van der Waals surface area contributed by atoms with Gasteiger partial charge in [0.05, 0.1) is 34.8 Å². The Morgan fingerprint density at radius 3 is 2.95 bits per heavy atom. The zero-order chi connectivity index (χ0) is 26.1. The number of allylic oxidation sites excluding steroid dienone is 1. The number of hydrogen-bond donors (Lipinski definition) is 3. The molecule has 7 aliphatic rings. The molecule has 2 aromatic heterocycles. The number of halogens is 1. The predicted octanol–water partition coefficient (Wildman–Crippen LogP) is 4.22. The highest BCUT2D eigenvalue weighted by Gasteiger charge is 2.90. The molecule has 5 aliphatic heterocycles. The fourth-order valence-electron chi connectivity index (χ4n) is 7.52. The van der Waals surface area contributed by atoms with Gasteiger partial charge in [0.2, 0.25) is 5.91 Å². The molecule has 1 spiro atoms. The lowest BCUT2D eigenvalue weighted by molar-refractivity contribution is -0.120. The molecule has 1 amide bonds. The van der Waals surface area contributed by atoms with Crippen LogP contribution in [0, 0.1) is 17.8 Å². The van der Waals surface area contributed by atoms with E-state index in [-0.39, 0.29) is 11.8 Å². The summed E-state index contributed by atoms with van der Waals surface area (Å²) in [6, 6.07) is 8.85. The maximum atomic E-state index is 13.2. The smallest absolute Gasteiger partial charge is 0.229 e. The number of hydrogen-bond acceptors (Lipinski definition) is 7. The molecule has 2 aromatic rings. The van der Waals surface area contributed by atoms with Gasteiger partial charge >= 0.3 is 0 Å². The third-order valence-corrected chi connectivity index (χ3v) is 9.96. The molecular formula is C30H33ClN6O2. The van der Waals surface area contributed by atoms with Gasteiger partial charge in [-0.1, -0.05) is 23.7 Å². The number of carbonyl (C=O) groups excluding carboxylic acids is 1. The van der Waals surface area contributed by atoms with Gasteiger partial charge in [-0.05, 0) is 73.6 Å². The van der Waals surface area contributed by atoms with Gasteiger partial charge in [0, 0.05) is 43.4 Å². The van der Waals surface area contributed by atoms with E-state index in [0.717, 1.165) is 62.5 Å². The maximum absolute atomic E-state index is 13.2. The Kier molecular flexibility index (Phi) is 5.54. The zero-order valence-corrected chi connectivity index (χ0v) is 22.6. The van der Waals surface area contributed by atoms with Crippen LogP contribution in [0.4, 0.5) is 11.6 Å². The van der Waals surface area contributed by atoms with Crippen LogP contribution >= 0.6 is 11.6 Å². The first-order valence-corrected chi connectivity index (χ1v) is 14.7. The fourth-order valence-corrected chi connectivity index (χ4v) is 7.72. The van der Waals surface area contributed by atoms with Gasteiger partial charge in [0.15, 0.2) is 0 Å². The van der Waals surface area contributed by atoms with Crippen molar-refractivity contribution in [1.29, 1.82) is 0 Å². The Bertz CT molecular complexity index is 1380. The van der Waals surface area contributed by atoms with Crippen molar-refractivity contribution in [2.45, 2.75) is 49.7 Å². The van der Waals surface area contributed by atoms with Crippen LogP contribution < -0.4 is 16.0 Å². The van der Waals surface area contributed by atoms with E-state index in [0.29, 0.717) is 46.8 Å². The van der Waals surface area contributed by atoms with Crippen molar-refractivity contribution in [2.24, 2.45) is 17.8 Å². The van der Waals surface area contributed by atoms with Crippen LogP contribution in [0.25, 0.3) is 11.3 Å². The molecule has 202 valence electrons. The minimum atomic E-state index is -0.0764. The zero-order valence-electron chi connectivity index (χ0n) is 21.8. The molecule has 39 heavy (non-hydrogen) atoms. The SMILES string of the molecule is O=C(Nc1cc(-c2cccc(NC[C@H]3CCCOC3)n2)c(Cl)cn1)[C@@H]1CCC(C2CC=CN3C4C5=C4C523)NC1. The topological polar surface area (TPSA) is 91.4 Å². The molecule has 3 N–H and O–H groups in total. The molecule has 9 rings (SSSR count). The van der Waals surface area contributed by atoms with E-state index in [2.05, 4.69) is 38.1 Å². The number of nitrogens with one attached hydrogen (secondary N) is 3. The Morgan fingerprint density at radius 1 is 1.23 bits per heavy atom. The Balaban J connectivity index is 0.893. The Labute approximate surface area is 233 Å². The molecule has 7 heterocycles. The number of aromatic nitrogens is 2. The van der Waals surface area contributed by atoms with Gasteiger partial charge in [-0.2, -0.15) is 0 Å². The summed E-state index contributed by atoms with van der Waals surface area (Å²) in [6.45, 7) is 3.18. The predicted molar refractivity (Wildman–Crippen MR) is 150 cm³/mol. The monoisotopic (exact) mass is 544 g/mol. The van der Waals surface area contributed by atoms with E-state index in [1.54, 1.807) is 17.3 Å². The second-order valence-corrected chi connectivity index (χ2v) is 12.2. The van der Waals surface area contributed by atoms with Crippen molar-refractivity contribution < 1.29 is 9.53 Å². The molecule has 4 fully saturated rings. The first-order valence-electron chi connectivity index (χ1n) is 14.3. The summed E-state index contributed by atoms with van der Waals surface area (Å²) in [5.74, 6) is 2.34. The van der Waals surface area contributed by atoms with Crippen molar-refractivity contribution >= 4 is 29.1 Å². The standard InChI is InChI=1S/C30H33ClN6O2/c31-21-15-34-25(12-19(21)22-6-1-7-24(35-22)33-13-17-4-3-11-39-16-17)36-29(38)18-8-9-23(32-14-18)20-5-2-10-37-28-26-27(28)30(20,26)37/h1-2,6-7,10,12,15,17-18,20,23,28,32H,3-5,8-9,11,13-14,16H2,(H,33,35)(H,34,36,38)/t17-,18-,20?,23?,28?,30?/m1/s1. The third kappa shape index (κ3) is 3.75. The number of ether oxygens (including phenoxy) is 1. The van der Waals surface area contributed by atoms with Gasteiger partial charge in [0.1, 0.15) is 11.6 Å². The summed E-state index contributed by atoms with van der Waals surface area (Å²) in [5, 5.41) is 10.7. The highest BCUT2D eigenvalue weighted by Crippen LogP contribution is 2.85. The van der Waals surface area contributed by atoms with Gasteiger partial charge in [-0.15, -0.1) is 0 Å². The molecule has 2 unspecified atom stereocenters. The molecule has 0 saturated carbocycles. The van der Waals surface area contributed by atoms with Gasteiger partial charge < -0.3 is 25.6 Å². The minimum Gasteiger partial charge on any atom is -0.381 e. The molecule has 9 heteroatoms. The first-order chi connectivity index (χ1) is 19.1. The van der Waals surface area contributed by atoms with Gasteiger partial charge in [-0.3, -0.25) is 4.79 Å². The molecule has 0 aromatic carbocycles. The van der Waals surface area contributed by atoms with Crippen LogP contribution in [-0.4, -0.2) is 64.7 Å². The number of nitrogens with zero attached hydrogens (tertiary/aromatic N) is 3. The fraction of sp³-hybridized carbons (Fsp3) is 0.500. The van der Waals surface area contributed by atoms with E-state index in [4.69, 9.17) is 21.3 Å². The summed E-state index contributed by atoms with van der Waals surface area (Å²) in [7, 11) is 0. The second-order valence-electron chi connectivity index (χ2n) is 11.8. The largest absolute Gasteiger partial charge is 0.381 e. The summed E-state index contributed by atoms with van der Waals surface area (Å²) in [5.41, 5.74) is 5.25. The van der Waals surface area contributed by atoms with Crippen LogP contribution in [0.15, 0.2) is 53.9 Å². The Hall–Kier alpha value is -2.94. The molecule has 2 aliphatic carbocycles. The van der Waals surface area contributed by atoms with Crippen LogP contribution in [0.3, 0.4) is 0 Å². The lowest BCUT2D eigenvalue weighted by Gasteiger charge is -2.62. The summed E-state index contributed by atoms with van der Waals surface area (Å²) in [4.78, 5) is 24.9.